The van der Waals surface area contributed by atoms with Gasteiger partial charge in [0.05, 0.1) is 23.4 Å². The van der Waals surface area contributed by atoms with E-state index >= 15 is 0 Å². The monoisotopic (exact) mass is 497 g/mol. The maximum atomic E-state index is 13.4. The van der Waals surface area contributed by atoms with Crippen molar-refractivity contribution in [1.82, 2.24) is 29.9 Å². The van der Waals surface area contributed by atoms with Crippen molar-refractivity contribution >= 4 is 22.9 Å². The van der Waals surface area contributed by atoms with Gasteiger partial charge in [-0.05, 0) is 43.3 Å². The Hall–Kier alpha value is -4.22. The number of hydrogen-bond acceptors (Lipinski definition) is 7. The second-order valence-corrected chi connectivity index (χ2v) is 8.12. The molecule has 9 nitrogen and oxygen atoms in total. The zero-order valence-electron chi connectivity index (χ0n) is 19.3. The first kappa shape index (κ1) is 23.5. The minimum atomic E-state index is -4.60. The third-order valence-corrected chi connectivity index (χ3v) is 5.94. The Labute approximate surface area is 204 Å². The molecule has 0 saturated carbocycles. The first-order chi connectivity index (χ1) is 17.4. The molecule has 36 heavy (non-hydrogen) atoms. The minimum absolute atomic E-state index is 0.240. The topological polar surface area (TPSA) is 89.3 Å². The van der Waals surface area contributed by atoms with Gasteiger partial charge >= 0.3 is 6.18 Å². The van der Waals surface area contributed by atoms with E-state index in [9.17, 15) is 18.0 Å². The Kier molecular flexibility index (Phi) is 6.17. The number of rotatable bonds is 5. The van der Waals surface area contributed by atoms with Crippen LogP contribution in [0.1, 0.15) is 22.8 Å². The van der Waals surface area contributed by atoms with Crippen LogP contribution in [0.15, 0.2) is 54.9 Å². The van der Waals surface area contributed by atoms with Crippen molar-refractivity contribution in [3.05, 3.63) is 66.0 Å². The fourth-order valence-electron chi connectivity index (χ4n) is 4.20. The van der Waals surface area contributed by atoms with Crippen LogP contribution in [0.2, 0.25) is 0 Å². The van der Waals surface area contributed by atoms with Gasteiger partial charge in [-0.3, -0.25) is 4.79 Å². The molecule has 0 spiro atoms. The number of ether oxygens (including phenoxy) is 1. The molecule has 0 radical (unpaired) electrons. The first-order valence-corrected chi connectivity index (χ1v) is 11.4. The van der Waals surface area contributed by atoms with Crippen LogP contribution >= 0.6 is 0 Å². The van der Waals surface area contributed by atoms with Gasteiger partial charge in [-0.25, -0.2) is 9.97 Å². The van der Waals surface area contributed by atoms with Crippen molar-refractivity contribution in [2.24, 2.45) is 0 Å². The number of hydrogen-bond donors (Lipinski definition) is 0. The van der Waals surface area contributed by atoms with Crippen molar-refractivity contribution in [2.75, 3.05) is 37.7 Å². The van der Waals surface area contributed by atoms with E-state index in [1.165, 1.54) is 29.4 Å². The number of piperazine rings is 1. The lowest BCUT2D eigenvalue weighted by Gasteiger charge is -2.35. The Bertz CT molecular complexity index is 1380. The zero-order chi connectivity index (χ0) is 25.3. The van der Waals surface area contributed by atoms with Crippen LogP contribution in [0.25, 0.3) is 16.9 Å². The summed E-state index contributed by atoms with van der Waals surface area (Å²) < 4.78 is 47.2. The second kappa shape index (κ2) is 9.44. The van der Waals surface area contributed by atoms with Gasteiger partial charge in [-0.15, -0.1) is 5.10 Å². The van der Waals surface area contributed by atoms with E-state index in [0.29, 0.717) is 36.7 Å². The van der Waals surface area contributed by atoms with Crippen LogP contribution < -0.4 is 9.64 Å². The number of carbonyl (C=O) groups is 1. The number of nitrogens with zero attached hydrogens (tertiary/aromatic N) is 7. The van der Waals surface area contributed by atoms with Gasteiger partial charge in [-0.1, -0.05) is 17.3 Å². The van der Waals surface area contributed by atoms with Crippen molar-refractivity contribution in [1.29, 1.82) is 0 Å². The molecular weight excluding hydrogens is 475 g/mol. The maximum absolute atomic E-state index is 13.4. The second-order valence-electron chi connectivity index (χ2n) is 8.12. The summed E-state index contributed by atoms with van der Waals surface area (Å²) in [5, 5.41) is 8.52. The highest BCUT2D eigenvalue weighted by Crippen LogP contribution is 2.33. The van der Waals surface area contributed by atoms with Gasteiger partial charge in [-0.2, -0.15) is 17.9 Å². The molecule has 2 aromatic carbocycles. The van der Waals surface area contributed by atoms with Gasteiger partial charge in [0.25, 0.3) is 5.91 Å². The summed E-state index contributed by atoms with van der Waals surface area (Å²) in [6.45, 7) is 3.71. The Morgan fingerprint density at radius 1 is 1.00 bits per heavy atom. The van der Waals surface area contributed by atoms with Crippen LogP contribution in [0.3, 0.4) is 0 Å². The maximum Gasteiger partial charge on any atom is 0.417 e. The summed E-state index contributed by atoms with van der Waals surface area (Å²) in [6.07, 6.45) is -3.18. The van der Waals surface area contributed by atoms with Gasteiger partial charge in [0.1, 0.15) is 12.1 Å². The van der Waals surface area contributed by atoms with Crippen LogP contribution in [-0.4, -0.2) is 68.6 Å². The van der Waals surface area contributed by atoms with E-state index in [1.54, 1.807) is 4.68 Å². The van der Waals surface area contributed by atoms with E-state index in [4.69, 9.17) is 4.74 Å². The van der Waals surface area contributed by atoms with Gasteiger partial charge < -0.3 is 14.5 Å². The molecule has 0 N–H and O–H groups in total. The number of benzene rings is 2. The highest BCUT2D eigenvalue weighted by molar-refractivity contribution is 5.96. The Balaban J connectivity index is 1.34. The molecule has 186 valence electrons. The molecular formula is C24H22F3N7O2. The van der Waals surface area contributed by atoms with E-state index in [0.717, 1.165) is 17.5 Å². The van der Waals surface area contributed by atoms with Crippen molar-refractivity contribution in [2.45, 2.75) is 13.1 Å². The number of halogens is 3. The van der Waals surface area contributed by atoms with E-state index in [1.807, 2.05) is 36.1 Å². The van der Waals surface area contributed by atoms with Crippen molar-refractivity contribution < 1.29 is 22.7 Å². The third kappa shape index (κ3) is 4.41. The third-order valence-electron chi connectivity index (χ3n) is 5.94. The summed E-state index contributed by atoms with van der Waals surface area (Å²) >= 11 is 0. The SMILES string of the molecule is CCOc1ccc(-n2nnc3c(N4CCN(C(=O)c5ccccc5C(F)(F)F)CC4)ncnc32)cc1. The molecule has 1 aliphatic heterocycles. The number of carbonyl (C=O) groups excluding carboxylic acids is 1. The summed E-state index contributed by atoms with van der Waals surface area (Å²) in [7, 11) is 0. The van der Waals surface area contributed by atoms with Crippen LogP contribution in [0.4, 0.5) is 19.0 Å². The molecule has 2 aromatic heterocycles. The van der Waals surface area contributed by atoms with Gasteiger partial charge in [0, 0.05) is 26.2 Å². The lowest BCUT2D eigenvalue weighted by molar-refractivity contribution is -0.138. The Morgan fingerprint density at radius 3 is 2.42 bits per heavy atom. The molecule has 3 heterocycles. The normalized spacial score (nSPS) is 14.3. The molecule has 4 aromatic rings. The van der Waals surface area contributed by atoms with Crippen LogP contribution in [0, 0.1) is 0 Å². The van der Waals surface area contributed by atoms with Crippen molar-refractivity contribution in [3.8, 4) is 11.4 Å². The molecule has 5 rings (SSSR count). The zero-order valence-corrected chi connectivity index (χ0v) is 19.3. The summed E-state index contributed by atoms with van der Waals surface area (Å²) in [6, 6.07) is 12.2. The summed E-state index contributed by atoms with van der Waals surface area (Å²) in [5.41, 5.74) is 0.488. The van der Waals surface area contributed by atoms with Gasteiger partial charge in [0.15, 0.2) is 17.0 Å². The van der Waals surface area contributed by atoms with Crippen LogP contribution in [0.5, 0.6) is 5.75 Å². The van der Waals surface area contributed by atoms with E-state index in [-0.39, 0.29) is 18.7 Å². The average Bonchev–Trinajstić information content (AvgIpc) is 3.33. The molecule has 0 aliphatic carbocycles. The lowest BCUT2D eigenvalue weighted by Crippen LogP contribution is -2.49. The average molecular weight is 497 g/mol. The van der Waals surface area contributed by atoms with Crippen molar-refractivity contribution in [3.63, 3.8) is 0 Å². The number of fused-ring (bicyclic) bond motifs is 1. The summed E-state index contributed by atoms with van der Waals surface area (Å²) in [4.78, 5) is 25.0. The van der Waals surface area contributed by atoms with E-state index in [2.05, 4.69) is 20.3 Å². The Morgan fingerprint density at radius 2 is 1.72 bits per heavy atom. The molecule has 1 aliphatic rings. The lowest BCUT2D eigenvalue weighted by atomic mass is 10.1. The highest BCUT2D eigenvalue weighted by atomic mass is 19.4. The molecule has 12 heteroatoms. The summed E-state index contributed by atoms with van der Waals surface area (Å²) in [5.74, 6) is 0.656. The predicted octanol–water partition coefficient (Wildman–Crippen LogP) is 3.59. The first-order valence-electron chi connectivity index (χ1n) is 11.4. The molecule has 1 amide bonds. The highest BCUT2D eigenvalue weighted by Gasteiger charge is 2.36. The molecule has 1 fully saturated rings. The number of amides is 1. The fraction of sp³-hybridized carbons (Fsp3) is 0.292. The number of anilines is 1. The molecule has 0 bridgehead atoms. The van der Waals surface area contributed by atoms with E-state index < -0.39 is 17.6 Å². The number of alkyl halides is 3. The minimum Gasteiger partial charge on any atom is -0.494 e. The predicted molar refractivity (Wildman–Crippen MR) is 125 cm³/mol. The molecule has 0 atom stereocenters. The smallest absolute Gasteiger partial charge is 0.417 e. The number of aromatic nitrogens is 5. The quantitative estimate of drug-likeness (QED) is 0.416. The largest absolute Gasteiger partial charge is 0.494 e. The molecule has 1 saturated heterocycles. The molecule has 0 unspecified atom stereocenters. The van der Waals surface area contributed by atoms with Crippen LogP contribution in [-0.2, 0) is 6.18 Å². The fourth-order valence-corrected chi connectivity index (χ4v) is 4.20. The standard InChI is InChI=1S/C24H22F3N7O2/c1-2-36-17-9-7-16(8-10-17)34-22-20(30-31-34)21(28-15-29-22)32-11-13-33(14-12-32)23(35)18-5-3-4-6-19(18)24(25,26)27/h3-10,15H,2,11-14H2,1H3. The van der Waals surface area contributed by atoms with Gasteiger partial charge in [0.2, 0.25) is 0 Å².